The zero-order valence-corrected chi connectivity index (χ0v) is 18.6. The Kier molecular flexibility index (Phi) is 6.44. The quantitative estimate of drug-likeness (QED) is 0.616. The summed E-state index contributed by atoms with van der Waals surface area (Å²) in [5.41, 5.74) is 2.73. The topological polar surface area (TPSA) is 54.5 Å². The Hall–Kier alpha value is -2.31. The zero-order valence-electron chi connectivity index (χ0n) is 17.7. The Morgan fingerprint density at radius 1 is 1.10 bits per heavy atom. The normalized spacial score (nSPS) is 25.3. The number of hydrogen-bond donors (Lipinski definition) is 3. The standard InChI is InChI=1S/C24H31N3O2S/c1-28-20-9-8-18(14-21(20)29-2)24-11-10-19(15-22(24)25-13-12-24)27-23(30)26-16-17-6-4-3-5-7-17/h3-9,14,19,22,25H,10-13,15-16H2,1-2H3,(H2,26,27,30)/t19-,22-,24+/m1/s1. The monoisotopic (exact) mass is 425 g/mol. The van der Waals surface area contributed by atoms with Gasteiger partial charge in [-0.25, -0.2) is 0 Å². The van der Waals surface area contributed by atoms with Gasteiger partial charge in [-0.1, -0.05) is 36.4 Å². The second kappa shape index (κ2) is 9.23. The SMILES string of the molecule is COc1ccc([C@]23CCN[C@@H]2C[C@H](NC(=S)NCc2ccccc2)CC3)cc1OC. The third-order valence-corrected chi connectivity index (χ3v) is 6.94. The first-order chi connectivity index (χ1) is 14.6. The van der Waals surface area contributed by atoms with E-state index in [4.69, 9.17) is 21.7 Å². The first-order valence-corrected chi connectivity index (χ1v) is 11.1. The maximum atomic E-state index is 5.57. The first kappa shape index (κ1) is 20.9. The van der Waals surface area contributed by atoms with Crippen molar-refractivity contribution in [3.63, 3.8) is 0 Å². The number of ether oxygens (including phenoxy) is 2. The van der Waals surface area contributed by atoms with Crippen molar-refractivity contribution in [2.24, 2.45) is 0 Å². The Morgan fingerprint density at radius 3 is 2.67 bits per heavy atom. The molecule has 5 nitrogen and oxygen atoms in total. The minimum absolute atomic E-state index is 0.150. The summed E-state index contributed by atoms with van der Waals surface area (Å²) in [6.45, 7) is 1.79. The molecule has 0 bridgehead atoms. The highest BCUT2D eigenvalue weighted by molar-refractivity contribution is 7.80. The van der Waals surface area contributed by atoms with Gasteiger partial charge in [0.25, 0.3) is 0 Å². The van der Waals surface area contributed by atoms with Crippen LogP contribution in [-0.4, -0.2) is 38.0 Å². The molecule has 160 valence electrons. The van der Waals surface area contributed by atoms with Crippen LogP contribution in [0.2, 0.25) is 0 Å². The molecule has 1 heterocycles. The van der Waals surface area contributed by atoms with Crippen LogP contribution in [0.3, 0.4) is 0 Å². The fourth-order valence-corrected chi connectivity index (χ4v) is 5.30. The second-order valence-electron chi connectivity index (χ2n) is 8.27. The van der Waals surface area contributed by atoms with Crippen molar-refractivity contribution in [2.45, 2.75) is 49.7 Å². The molecule has 1 aliphatic heterocycles. The smallest absolute Gasteiger partial charge is 0.166 e. The van der Waals surface area contributed by atoms with E-state index in [2.05, 4.69) is 40.2 Å². The van der Waals surface area contributed by atoms with E-state index in [1.165, 1.54) is 11.1 Å². The summed E-state index contributed by atoms with van der Waals surface area (Å²) in [7, 11) is 3.38. The predicted octanol–water partition coefficient (Wildman–Crippen LogP) is 3.52. The van der Waals surface area contributed by atoms with Crippen LogP contribution in [0.15, 0.2) is 48.5 Å². The van der Waals surface area contributed by atoms with Crippen LogP contribution in [-0.2, 0) is 12.0 Å². The molecule has 2 fully saturated rings. The lowest BCUT2D eigenvalue weighted by molar-refractivity contribution is 0.234. The van der Waals surface area contributed by atoms with E-state index in [0.717, 1.165) is 55.4 Å². The first-order valence-electron chi connectivity index (χ1n) is 10.7. The molecule has 0 spiro atoms. The number of rotatable bonds is 6. The molecule has 1 aliphatic carbocycles. The molecule has 3 N–H and O–H groups in total. The van der Waals surface area contributed by atoms with Crippen molar-refractivity contribution in [1.29, 1.82) is 0 Å². The number of benzene rings is 2. The number of hydrogen-bond acceptors (Lipinski definition) is 4. The van der Waals surface area contributed by atoms with Crippen LogP contribution < -0.4 is 25.4 Å². The summed E-state index contributed by atoms with van der Waals surface area (Å²) in [6, 6.07) is 17.6. The maximum absolute atomic E-state index is 5.57. The molecule has 4 rings (SSSR count). The summed E-state index contributed by atoms with van der Waals surface area (Å²) in [6.07, 6.45) is 4.43. The summed E-state index contributed by atoms with van der Waals surface area (Å²) in [4.78, 5) is 0. The highest BCUT2D eigenvalue weighted by atomic mass is 32.1. The lowest BCUT2D eigenvalue weighted by Crippen LogP contribution is -2.52. The number of nitrogens with one attached hydrogen (secondary N) is 3. The van der Waals surface area contributed by atoms with Crippen LogP contribution in [0, 0.1) is 0 Å². The molecule has 0 aromatic heterocycles. The average Bonchev–Trinajstić information content (AvgIpc) is 3.22. The van der Waals surface area contributed by atoms with Crippen molar-refractivity contribution >= 4 is 17.3 Å². The van der Waals surface area contributed by atoms with Gasteiger partial charge in [-0.3, -0.25) is 0 Å². The van der Waals surface area contributed by atoms with Gasteiger partial charge in [0.1, 0.15) is 0 Å². The van der Waals surface area contributed by atoms with E-state index in [-0.39, 0.29) is 5.41 Å². The van der Waals surface area contributed by atoms with Gasteiger partial charge in [-0.05, 0) is 67.7 Å². The van der Waals surface area contributed by atoms with Crippen molar-refractivity contribution < 1.29 is 9.47 Å². The van der Waals surface area contributed by atoms with Gasteiger partial charge in [0.2, 0.25) is 0 Å². The molecule has 2 aromatic carbocycles. The molecule has 3 atom stereocenters. The largest absolute Gasteiger partial charge is 0.493 e. The molecular formula is C24H31N3O2S. The summed E-state index contributed by atoms with van der Waals surface area (Å²) < 4.78 is 11.0. The van der Waals surface area contributed by atoms with Gasteiger partial charge in [-0.2, -0.15) is 0 Å². The molecular weight excluding hydrogens is 394 g/mol. The lowest BCUT2D eigenvalue weighted by Gasteiger charge is -2.43. The van der Waals surface area contributed by atoms with Crippen LogP contribution in [0.5, 0.6) is 11.5 Å². The number of methoxy groups -OCH3 is 2. The van der Waals surface area contributed by atoms with Crippen LogP contribution >= 0.6 is 12.2 Å². The van der Waals surface area contributed by atoms with Crippen molar-refractivity contribution in [2.75, 3.05) is 20.8 Å². The highest BCUT2D eigenvalue weighted by Crippen LogP contribution is 2.47. The highest BCUT2D eigenvalue weighted by Gasteiger charge is 2.48. The van der Waals surface area contributed by atoms with Gasteiger partial charge in [0.15, 0.2) is 16.6 Å². The van der Waals surface area contributed by atoms with Gasteiger partial charge >= 0.3 is 0 Å². The van der Waals surface area contributed by atoms with Crippen molar-refractivity contribution in [1.82, 2.24) is 16.0 Å². The van der Waals surface area contributed by atoms with E-state index in [9.17, 15) is 0 Å². The van der Waals surface area contributed by atoms with Gasteiger partial charge in [-0.15, -0.1) is 0 Å². The Balaban J connectivity index is 1.40. The third kappa shape index (κ3) is 4.25. The molecule has 2 aliphatic rings. The van der Waals surface area contributed by atoms with E-state index >= 15 is 0 Å². The molecule has 0 radical (unpaired) electrons. The minimum atomic E-state index is 0.150. The van der Waals surface area contributed by atoms with Crippen LogP contribution in [0.1, 0.15) is 36.8 Å². The summed E-state index contributed by atoms with van der Waals surface area (Å²) in [5, 5.41) is 11.4. The Morgan fingerprint density at radius 2 is 1.90 bits per heavy atom. The van der Waals surface area contributed by atoms with Gasteiger partial charge in [0, 0.05) is 24.0 Å². The molecule has 0 unspecified atom stereocenters. The van der Waals surface area contributed by atoms with Crippen LogP contribution in [0.25, 0.3) is 0 Å². The Bertz CT molecular complexity index is 876. The Labute approximate surface area is 184 Å². The number of fused-ring (bicyclic) bond motifs is 1. The lowest BCUT2D eigenvalue weighted by atomic mass is 9.65. The molecule has 30 heavy (non-hydrogen) atoms. The van der Waals surface area contributed by atoms with Crippen LogP contribution in [0.4, 0.5) is 0 Å². The molecule has 1 saturated heterocycles. The molecule has 2 aromatic rings. The van der Waals surface area contributed by atoms with E-state index in [0.29, 0.717) is 12.1 Å². The fourth-order valence-electron chi connectivity index (χ4n) is 5.06. The molecule has 1 saturated carbocycles. The van der Waals surface area contributed by atoms with E-state index in [1.54, 1.807) is 14.2 Å². The van der Waals surface area contributed by atoms with E-state index in [1.807, 2.05) is 24.3 Å². The van der Waals surface area contributed by atoms with Crippen molar-refractivity contribution in [3.05, 3.63) is 59.7 Å². The average molecular weight is 426 g/mol. The van der Waals surface area contributed by atoms with Gasteiger partial charge < -0.3 is 25.4 Å². The predicted molar refractivity (Wildman–Crippen MR) is 124 cm³/mol. The summed E-state index contributed by atoms with van der Waals surface area (Å²) >= 11 is 5.56. The fraction of sp³-hybridized carbons (Fsp3) is 0.458. The summed E-state index contributed by atoms with van der Waals surface area (Å²) in [5.74, 6) is 1.59. The third-order valence-electron chi connectivity index (χ3n) is 6.68. The zero-order chi connectivity index (χ0) is 21.0. The van der Waals surface area contributed by atoms with E-state index < -0.39 is 0 Å². The number of thiocarbonyl (C=S) groups is 1. The molecule has 0 amide bonds. The van der Waals surface area contributed by atoms with Crippen molar-refractivity contribution in [3.8, 4) is 11.5 Å². The minimum Gasteiger partial charge on any atom is -0.493 e. The molecule has 6 heteroatoms. The maximum Gasteiger partial charge on any atom is 0.166 e. The van der Waals surface area contributed by atoms with Gasteiger partial charge in [0.05, 0.1) is 14.2 Å². The second-order valence-corrected chi connectivity index (χ2v) is 8.67.